The van der Waals surface area contributed by atoms with Gasteiger partial charge in [-0.25, -0.2) is 0 Å². The second-order valence-electron chi connectivity index (χ2n) is 7.86. The molecule has 3 aromatic rings. The summed E-state index contributed by atoms with van der Waals surface area (Å²) in [7, 11) is 0. The Balaban J connectivity index is 1.71. The Hall–Kier alpha value is -3.44. The van der Waals surface area contributed by atoms with Gasteiger partial charge in [-0.2, -0.15) is 0 Å². The Labute approximate surface area is 189 Å². The first-order chi connectivity index (χ1) is 15.6. The van der Waals surface area contributed by atoms with Gasteiger partial charge in [-0.05, 0) is 48.7 Å². The summed E-state index contributed by atoms with van der Waals surface area (Å²) in [6, 6.07) is 23.7. The van der Waals surface area contributed by atoms with Crippen molar-refractivity contribution in [1.29, 1.82) is 0 Å². The molecule has 0 aromatic heterocycles. The van der Waals surface area contributed by atoms with E-state index in [4.69, 9.17) is 4.74 Å². The molecule has 0 saturated heterocycles. The molecule has 0 spiro atoms. The van der Waals surface area contributed by atoms with Crippen LogP contribution in [0.3, 0.4) is 0 Å². The van der Waals surface area contributed by atoms with Crippen LogP contribution in [0.2, 0.25) is 0 Å². The van der Waals surface area contributed by atoms with Gasteiger partial charge in [-0.1, -0.05) is 54.6 Å². The van der Waals surface area contributed by atoms with E-state index in [2.05, 4.69) is 0 Å². The Morgan fingerprint density at radius 1 is 0.906 bits per heavy atom. The molecule has 1 aliphatic heterocycles. The van der Waals surface area contributed by atoms with Gasteiger partial charge in [0.25, 0.3) is 11.8 Å². The molecule has 0 bridgehead atoms. The number of anilines is 1. The number of hydrogen-bond donors (Lipinski definition) is 0. The number of ether oxygens (including phenoxy) is 1. The van der Waals surface area contributed by atoms with Crippen LogP contribution in [0.5, 0.6) is 0 Å². The van der Waals surface area contributed by atoms with E-state index in [1.165, 1.54) is 0 Å². The highest BCUT2D eigenvalue weighted by Crippen LogP contribution is 2.32. The third kappa shape index (κ3) is 4.58. The largest absolute Gasteiger partial charge is 0.367 e. The molecule has 4 rings (SSSR count). The lowest BCUT2D eigenvalue weighted by atomic mass is 9.99. The average Bonchev–Trinajstić information content (AvgIpc) is 2.98. The van der Waals surface area contributed by atoms with Crippen molar-refractivity contribution in [3.63, 3.8) is 0 Å². The molecule has 0 atom stereocenters. The van der Waals surface area contributed by atoms with Crippen LogP contribution in [-0.4, -0.2) is 36.4 Å². The summed E-state index contributed by atoms with van der Waals surface area (Å²) in [5.74, 6) is -0.0314. The second-order valence-corrected chi connectivity index (χ2v) is 7.86. The Morgan fingerprint density at radius 3 is 2.41 bits per heavy atom. The zero-order valence-electron chi connectivity index (χ0n) is 18.6. The number of amides is 2. The highest BCUT2D eigenvalue weighted by molar-refractivity contribution is 5.97. The van der Waals surface area contributed by atoms with Crippen molar-refractivity contribution in [3.8, 4) is 11.1 Å². The monoisotopic (exact) mass is 428 g/mol. The summed E-state index contributed by atoms with van der Waals surface area (Å²) in [5, 5.41) is 0. The van der Waals surface area contributed by atoms with Crippen LogP contribution < -0.4 is 4.90 Å². The summed E-state index contributed by atoms with van der Waals surface area (Å²) in [5.41, 5.74) is 5.47. The van der Waals surface area contributed by atoms with Crippen LogP contribution in [0.15, 0.2) is 72.8 Å². The van der Waals surface area contributed by atoms with Crippen LogP contribution in [0, 0.1) is 0 Å². The smallest absolute Gasteiger partial charge is 0.253 e. The first kappa shape index (κ1) is 21.8. The molecule has 32 heavy (non-hydrogen) atoms. The van der Waals surface area contributed by atoms with Crippen molar-refractivity contribution in [3.05, 3.63) is 89.5 Å². The number of carbonyl (C=O) groups is 2. The van der Waals surface area contributed by atoms with E-state index in [9.17, 15) is 9.59 Å². The van der Waals surface area contributed by atoms with E-state index in [0.717, 1.165) is 27.9 Å². The molecule has 1 aliphatic rings. The topological polar surface area (TPSA) is 49.9 Å². The van der Waals surface area contributed by atoms with Crippen LogP contribution in [0.4, 0.5) is 5.69 Å². The minimum Gasteiger partial charge on any atom is -0.367 e. The number of benzene rings is 3. The van der Waals surface area contributed by atoms with Gasteiger partial charge < -0.3 is 14.5 Å². The van der Waals surface area contributed by atoms with E-state index in [1.54, 1.807) is 4.90 Å². The number of nitrogens with zero attached hydrogens (tertiary/aromatic N) is 2. The maximum Gasteiger partial charge on any atom is 0.253 e. The molecule has 0 unspecified atom stereocenters. The summed E-state index contributed by atoms with van der Waals surface area (Å²) in [4.78, 5) is 29.3. The van der Waals surface area contributed by atoms with Crippen LogP contribution >= 0.6 is 0 Å². The first-order valence-electron chi connectivity index (χ1n) is 11.1. The molecule has 5 nitrogen and oxygen atoms in total. The lowest BCUT2D eigenvalue weighted by molar-refractivity contribution is -0.123. The fourth-order valence-corrected chi connectivity index (χ4v) is 4.04. The van der Waals surface area contributed by atoms with Gasteiger partial charge >= 0.3 is 0 Å². The minimum absolute atomic E-state index is 0.0286. The van der Waals surface area contributed by atoms with E-state index >= 15 is 0 Å². The molecule has 5 heteroatoms. The summed E-state index contributed by atoms with van der Waals surface area (Å²) >= 11 is 0. The third-order valence-electron chi connectivity index (χ3n) is 5.84. The zero-order chi connectivity index (χ0) is 22.5. The fourth-order valence-electron chi connectivity index (χ4n) is 4.04. The molecule has 1 heterocycles. The molecular weight excluding hydrogens is 400 g/mol. The first-order valence-corrected chi connectivity index (χ1v) is 11.1. The van der Waals surface area contributed by atoms with Gasteiger partial charge in [0.2, 0.25) is 0 Å². The summed E-state index contributed by atoms with van der Waals surface area (Å²) in [6.45, 7) is 6.26. The lowest BCUT2D eigenvalue weighted by Crippen LogP contribution is -2.32. The van der Waals surface area contributed by atoms with Crippen molar-refractivity contribution in [2.75, 3.05) is 24.6 Å². The van der Waals surface area contributed by atoms with Gasteiger partial charge in [-0.15, -0.1) is 0 Å². The van der Waals surface area contributed by atoms with Crippen molar-refractivity contribution < 1.29 is 14.3 Å². The number of fused-ring (bicyclic) bond motifs is 1. The molecule has 0 N–H and O–H groups in total. The average molecular weight is 429 g/mol. The molecule has 0 radical (unpaired) electrons. The quantitative estimate of drug-likeness (QED) is 0.561. The normalized spacial score (nSPS) is 13.4. The van der Waals surface area contributed by atoms with Crippen molar-refractivity contribution in [2.24, 2.45) is 0 Å². The van der Waals surface area contributed by atoms with Crippen molar-refractivity contribution in [1.82, 2.24) is 4.90 Å². The van der Waals surface area contributed by atoms with Gasteiger partial charge in [0, 0.05) is 24.2 Å². The van der Waals surface area contributed by atoms with E-state index < -0.39 is 0 Å². The number of rotatable bonds is 6. The highest BCUT2D eigenvalue weighted by Gasteiger charge is 2.23. The Morgan fingerprint density at radius 2 is 1.66 bits per heavy atom. The van der Waals surface area contributed by atoms with Crippen molar-refractivity contribution in [2.45, 2.75) is 27.0 Å². The molecular formula is C27H28N2O3. The Kier molecular flexibility index (Phi) is 6.66. The van der Waals surface area contributed by atoms with Gasteiger partial charge in [0.1, 0.15) is 6.61 Å². The summed E-state index contributed by atoms with van der Waals surface area (Å²) < 4.78 is 5.61. The van der Waals surface area contributed by atoms with Gasteiger partial charge in [0.15, 0.2) is 0 Å². The molecule has 0 aliphatic carbocycles. The summed E-state index contributed by atoms with van der Waals surface area (Å²) in [6.07, 6.45) is 0. The van der Waals surface area contributed by atoms with Crippen LogP contribution in [0.1, 0.15) is 35.3 Å². The van der Waals surface area contributed by atoms with Crippen molar-refractivity contribution >= 4 is 17.5 Å². The van der Waals surface area contributed by atoms with E-state index in [0.29, 0.717) is 31.8 Å². The van der Waals surface area contributed by atoms with Gasteiger partial charge in [-0.3, -0.25) is 9.59 Å². The third-order valence-corrected chi connectivity index (χ3v) is 5.84. The standard InChI is InChI=1S/C27H28N2O3/c1-3-28(4-2)27(31)23-12-8-11-21(15-23)22-13-14-24-18-32-19-26(30)29(25(24)16-22)17-20-9-6-5-7-10-20/h5-16H,3-4,17-19H2,1-2H3. The number of hydrogen-bond acceptors (Lipinski definition) is 3. The molecule has 0 fully saturated rings. The van der Waals surface area contributed by atoms with Gasteiger partial charge in [0.05, 0.1) is 18.8 Å². The SMILES string of the molecule is CCN(CC)C(=O)c1cccc(-c2ccc3c(c2)N(Cc2ccccc2)C(=O)COC3)c1. The van der Waals surface area contributed by atoms with E-state index in [1.807, 2.05) is 91.5 Å². The maximum atomic E-state index is 12.9. The van der Waals surface area contributed by atoms with E-state index in [-0.39, 0.29) is 18.4 Å². The predicted octanol–water partition coefficient (Wildman–Crippen LogP) is 4.90. The second kappa shape index (κ2) is 9.79. The van der Waals surface area contributed by atoms with Crippen LogP contribution in [0.25, 0.3) is 11.1 Å². The molecule has 2 amide bonds. The predicted molar refractivity (Wildman–Crippen MR) is 126 cm³/mol. The lowest BCUT2D eigenvalue weighted by Gasteiger charge is -2.23. The molecule has 0 saturated carbocycles. The molecule has 164 valence electrons. The maximum absolute atomic E-state index is 12.9. The Bertz CT molecular complexity index is 1110. The zero-order valence-corrected chi connectivity index (χ0v) is 18.6. The minimum atomic E-state index is -0.0600. The van der Waals surface area contributed by atoms with Crippen LogP contribution in [-0.2, 0) is 22.7 Å². The fraction of sp³-hybridized carbons (Fsp3) is 0.259. The molecule has 3 aromatic carbocycles. The number of carbonyl (C=O) groups excluding carboxylic acids is 2. The highest BCUT2D eigenvalue weighted by atomic mass is 16.5.